The van der Waals surface area contributed by atoms with Crippen molar-refractivity contribution >= 4 is 28.7 Å². The lowest BCUT2D eigenvalue weighted by Crippen LogP contribution is -2.12. The molecular formula is C21H20ClNO5. The van der Waals surface area contributed by atoms with Crippen LogP contribution in [0.5, 0.6) is 17.2 Å². The van der Waals surface area contributed by atoms with Crippen molar-refractivity contribution in [2.75, 3.05) is 20.8 Å². The Morgan fingerprint density at radius 2 is 1.82 bits per heavy atom. The van der Waals surface area contributed by atoms with Crippen LogP contribution >= 0.6 is 11.6 Å². The zero-order valence-corrected chi connectivity index (χ0v) is 16.8. The number of aromatic nitrogens is 1. The first-order valence-electron chi connectivity index (χ1n) is 8.65. The molecule has 1 heterocycles. The van der Waals surface area contributed by atoms with Crippen LogP contribution in [0.3, 0.4) is 0 Å². The molecule has 1 aromatic heterocycles. The summed E-state index contributed by atoms with van der Waals surface area (Å²) in [5, 5.41) is 1.28. The number of carbonyl (C=O) groups excluding carboxylic acids is 1. The smallest absolute Gasteiger partial charge is 0.493 e. The third-order valence-corrected chi connectivity index (χ3v) is 4.43. The highest BCUT2D eigenvalue weighted by Crippen LogP contribution is 2.42. The number of nitrogens with zero attached hydrogens (tertiary/aromatic N) is 1. The molecule has 0 saturated carbocycles. The van der Waals surface area contributed by atoms with Gasteiger partial charge in [-0.05, 0) is 49.7 Å². The summed E-state index contributed by atoms with van der Waals surface area (Å²) in [5.74, 6) is 1.44. The van der Waals surface area contributed by atoms with Crippen molar-refractivity contribution in [2.24, 2.45) is 0 Å². The lowest BCUT2D eigenvalue weighted by Gasteiger charge is -2.17. The topological polar surface area (TPSA) is 66.9 Å². The van der Waals surface area contributed by atoms with E-state index in [-0.39, 0.29) is 6.61 Å². The Hall–Kier alpha value is -2.99. The molecular weight excluding hydrogens is 382 g/mol. The lowest BCUT2D eigenvalue weighted by atomic mass is 9.98. The van der Waals surface area contributed by atoms with Crippen molar-refractivity contribution in [1.29, 1.82) is 0 Å². The Morgan fingerprint density at radius 1 is 1.07 bits per heavy atom. The summed E-state index contributed by atoms with van der Waals surface area (Å²) in [6.07, 6.45) is -0.796. The number of ether oxygens (including phenoxy) is 4. The van der Waals surface area contributed by atoms with Gasteiger partial charge in [0, 0.05) is 16.0 Å². The second-order valence-corrected chi connectivity index (χ2v) is 6.35. The van der Waals surface area contributed by atoms with Crippen LogP contribution in [0.2, 0.25) is 5.02 Å². The second kappa shape index (κ2) is 8.35. The van der Waals surface area contributed by atoms with E-state index in [1.54, 1.807) is 46.3 Å². The molecule has 0 radical (unpaired) electrons. The van der Waals surface area contributed by atoms with Crippen molar-refractivity contribution in [3.05, 3.63) is 47.1 Å². The number of pyridine rings is 1. The van der Waals surface area contributed by atoms with E-state index in [0.29, 0.717) is 33.5 Å². The quantitative estimate of drug-likeness (QED) is 0.532. The third kappa shape index (κ3) is 3.82. The molecule has 28 heavy (non-hydrogen) atoms. The van der Waals surface area contributed by atoms with Crippen LogP contribution in [0, 0.1) is 6.92 Å². The van der Waals surface area contributed by atoms with Gasteiger partial charge in [0.1, 0.15) is 0 Å². The van der Waals surface area contributed by atoms with Crippen LogP contribution in [-0.2, 0) is 4.74 Å². The van der Waals surface area contributed by atoms with Crippen LogP contribution in [0.4, 0.5) is 4.79 Å². The van der Waals surface area contributed by atoms with Gasteiger partial charge in [-0.25, -0.2) is 9.78 Å². The van der Waals surface area contributed by atoms with Crippen molar-refractivity contribution in [2.45, 2.75) is 13.8 Å². The first-order valence-corrected chi connectivity index (χ1v) is 9.03. The number of benzene rings is 2. The monoisotopic (exact) mass is 401 g/mol. The minimum absolute atomic E-state index is 0.205. The van der Waals surface area contributed by atoms with E-state index >= 15 is 0 Å². The lowest BCUT2D eigenvalue weighted by molar-refractivity contribution is 0.104. The molecule has 7 heteroatoms. The number of carbonyl (C=O) groups is 1. The van der Waals surface area contributed by atoms with Crippen LogP contribution in [0.25, 0.3) is 22.0 Å². The summed E-state index contributed by atoms with van der Waals surface area (Å²) in [4.78, 5) is 16.6. The zero-order chi connectivity index (χ0) is 20.3. The number of fused-ring (bicyclic) bond motifs is 1. The molecule has 0 atom stereocenters. The Labute approximate surface area is 167 Å². The van der Waals surface area contributed by atoms with Crippen molar-refractivity contribution < 1.29 is 23.7 Å². The first kappa shape index (κ1) is 19.8. The fourth-order valence-corrected chi connectivity index (χ4v) is 3.15. The van der Waals surface area contributed by atoms with Crippen LogP contribution in [0.1, 0.15) is 12.6 Å². The van der Waals surface area contributed by atoms with Gasteiger partial charge in [0.05, 0.1) is 32.0 Å². The highest BCUT2D eigenvalue weighted by atomic mass is 35.5. The molecule has 0 spiro atoms. The molecule has 0 unspecified atom stereocenters. The molecule has 0 fully saturated rings. The molecule has 3 rings (SSSR count). The van der Waals surface area contributed by atoms with Gasteiger partial charge in [-0.2, -0.15) is 0 Å². The predicted octanol–water partition coefficient (Wildman–Crippen LogP) is 5.42. The summed E-state index contributed by atoms with van der Waals surface area (Å²) in [5.41, 5.74) is 2.70. The average molecular weight is 402 g/mol. The van der Waals surface area contributed by atoms with Crippen LogP contribution in [0.15, 0.2) is 36.4 Å². The van der Waals surface area contributed by atoms with Crippen LogP contribution in [-0.4, -0.2) is 32.0 Å². The summed E-state index contributed by atoms with van der Waals surface area (Å²) in [7, 11) is 3.13. The number of rotatable bonds is 5. The molecule has 0 aliphatic carbocycles. The first-order chi connectivity index (χ1) is 13.5. The zero-order valence-electron chi connectivity index (χ0n) is 16.0. The van der Waals surface area contributed by atoms with Gasteiger partial charge < -0.3 is 18.9 Å². The summed E-state index contributed by atoms with van der Waals surface area (Å²) < 4.78 is 21.2. The molecule has 0 aliphatic heterocycles. The van der Waals surface area contributed by atoms with Gasteiger partial charge in [-0.3, -0.25) is 0 Å². The highest BCUT2D eigenvalue weighted by molar-refractivity contribution is 6.31. The standard InChI is InChI=1S/C21H20ClNO5/c1-5-27-21(24)28-20-12(2)23-16-8-7-14(22)11-15(16)19(20)13-6-9-17(25-3)18(10-13)26-4/h6-11H,5H2,1-4H3. The number of hydrogen-bond donors (Lipinski definition) is 0. The van der Waals surface area contributed by atoms with Crippen molar-refractivity contribution in [3.8, 4) is 28.4 Å². The number of hydrogen-bond acceptors (Lipinski definition) is 6. The maximum Gasteiger partial charge on any atom is 0.513 e. The van der Waals surface area contributed by atoms with E-state index in [0.717, 1.165) is 16.5 Å². The molecule has 6 nitrogen and oxygen atoms in total. The molecule has 3 aromatic rings. The Balaban J connectivity index is 2.31. The number of aryl methyl sites for hydroxylation is 1. The van der Waals surface area contributed by atoms with E-state index in [2.05, 4.69) is 4.98 Å². The minimum Gasteiger partial charge on any atom is -0.493 e. The molecule has 0 bridgehead atoms. The summed E-state index contributed by atoms with van der Waals surface area (Å²) in [6.45, 7) is 3.69. The van der Waals surface area contributed by atoms with Crippen molar-refractivity contribution in [1.82, 2.24) is 4.98 Å². The Morgan fingerprint density at radius 3 is 2.50 bits per heavy atom. The highest BCUT2D eigenvalue weighted by Gasteiger charge is 2.21. The van der Waals surface area contributed by atoms with Gasteiger partial charge in [0.25, 0.3) is 0 Å². The molecule has 0 saturated heterocycles. The number of halogens is 1. The second-order valence-electron chi connectivity index (χ2n) is 5.92. The minimum atomic E-state index is -0.796. The van der Waals surface area contributed by atoms with E-state index < -0.39 is 6.16 Å². The Kier molecular flexibility index (Phi) is 5.90. The molecule has 0 aliphatic rings. The average Bonchev–Trinajstić information content (AvgIpc) is 2.68. The number of methoxy groups -OCH3 is 2. The fraction of sp³-hybridized carbons (Fsp3) is 0.238. The normalized spacial score (nSPS) is 10.6. The van der Waals surface area contributed by atoms with Gasteiger partial charge in [0.2, 0.25) is 0 Å². The van der Waals surface area contributed by atoms with E-state index in [4.69, 9.17) is 30.5 Å². The molecule has 146 valence electrons. The van der Waals surface area contributed by atoms with E-state index in [9.17, 15) is 4.79 Å². The SMILES string of the molecule is CCOC(=O)Oc1c(C)nc2ccc(Cl)cc2c1-c1ccc(OC)c(OC)c1. The molecule has 0 N–H and O–H groups in total. The predicted molar refractivity (Wildman–Crippen MR) is 108 cm³/mol. The largest absolute Gasteiger partial charge is 0.513 e. The van der Waals surface area contributed by atoms with Crippen molar-refractivity contribution in [3.63, 3.8) is 0 Å². The van der Waals surface area contributed by atoms with E-state index in [1.807, 2.05) is 18.2 Å². The van der Waals surface area contributed by atoms with Gasteiger partial charge in [0.15, 0.2) is 17.2 Å². The maximum atomic E-state index is 12.0. The summed E-state index contributed by atoms with van der Waals surface area (Å²) >= 11 is 6.23. The molecule has 2 aromatic carbocycles. The van der Waals surface area contributed by atoms with Crippen LogP contribution < -0.4 is 14.2 Å². The van der Waals surface area contributed by atoms with Gasteiger partial charge >= 0.3 is 6.16 Å². The van der Waals surface area contributed by atoms with E-state index in [1.165, 1.54) is 0 Å². The third-order valence-electron chi connectivity index (χ3n) is 4.19. The van der Waals surface area contributed by atoms with Gasteiger partial charge in [-0.15, -0.1) is 0 Å². The molecule has 0 amide bonds. The maximum absolute atomic E-state index is 12.0. The Bertz CT molecular complexity index is 1030. The summed E-state index contributed by atoms with van der Waals surface area (Å²) in [6, 6.07) is 10.8. The van der Waals surface area contributed by atoms with Gasteiger partial charge in [-0.1, -0.05) is 17.7 Å². The fourth-order valence-electron chi connectivity index (χ4n) is 2.97.